The zero-order chi connectivity index (χ0) is 15.4. The van der Waals surface area contributed by atoms with Gasteiger partial charge in [0, 0.05) is 32.2 Å². The lowest BCUT2D eigenvalue weighted by atomic mass is 10.1. The molecule has 1 aliphatic rings. The Morgan fingerprint density at radius 2 is 2.05 bits per heavy atom. The molecule has 0 aromatic heterocycles. The second kappa shape index (κ2) is 6.28. The van der Waals surface area contributed by atoms with Crippen LogP contribution in [-0.2, 0) is 0 Å². The number of hydrogen-bond donors (Lipinski definition) is 0. The van der Waals surface area contributed by atoms with Crippen molar-refractivity contribution in [1.29, 1.82) is 5.26 Å². The quantitative estimate of drug-likeness (QED) is 0.471. The van der Waals surface area contributed by atoms with Crippen molar-refractivity contribution in [3.8, 4) is 6.07 Å². The van der Waals surface area contributed by atoms with Crippen LogP contribution < -0.4 is 0 Å². The zero-order valence-corrected chi connectivity index (χ0v) is 11.2. The Kier molecular flexibility index (Phi) is 4.45. The highest BCUT2D eigenvalue weighted by atomic mass is 19.1. The topological polar surface area (TPSA) is 90.5 Å². The van der Waals surface area contributed by atoms with Crippen LogP contribution in [0, 0.1) is 27.3 Å². The maximum absolute atomic E-state index is 13.3. The first kappa shape index (κ1) is 14.9. The van der Waals surface area contributed by atoms with Gasteiger partial charge in [-0.15, -0.1) is 0 Å². The predicted octanol–water partition coefficient (Wildman–Crippen LogP) is 1.02. The molecular formula is C13H13FN4O3. The Morgan fingerprint density at radius 3 is 2.62 bits per heavy atom. The minimum atomic E-state index is -0.696. The van der Waals surface area contributed by atoms with Crippen molar-refractivity contribution in [2.24, 2.45) is 0 Å². The molecule has 0 atom stereocenters. The smallest absolute Gasteiger partial charge is 0.282 e. The van der Waals surface area contributed by atoms with Gasteiger partial charge in [-0.1, -0.05) is 0 Å². The molecule has 1 fully saturated rings. The van der Waals surface area contributed by atoms with Crippen LogP contribution in [0.15, 0.2) is 18.2 Å². The van der Waals surface area contributed by atoms with Gasteiger partial charge in [0.1, 0.15) is 11.4 Å². The maximum atomic E-state index is 13.3. The third-order valence-corrected chi connectivity index (χ3v) is 3.34. The van der Waals surface area contributed by atoms with E-state index in [0.29, 0.717) is 26.2 Å². The minimum absolute atomic E-state index is 0.242. The van der Waals surface area contributed by atoms with Gasteiger partial charge in [-0.3, -0.25) is 19.8 Å². The average molecular weight is 292 g/mol. The summed E-state index contributed by atoms with van der Waals surface area (Å²) in [7, 11) is 0. The number of carbonyl (C=O) groups is 1. The molecule has 2 rings (SSSR count). The molecule has 7 nitrogen and oxygen atoms in total. The summed E-state index contributed by atoms with van der Waals surface area (Å²) in [6.07, 6.45) is 0. The molecule has 1 heterocycles. The Labute approximate surface area is 120 Å². The van der Waals surface area contributed by atoms with E-state index >= 15 is 0 Å². The van der Waals surface area contributed by atoms with Gasteiger partial charge in [-0.2, -0.15) is 5.26 Å². The average Bonchev–Trinajstić information content (AvgIpc) is 2.47. The molecule has 0 bridgehead atoms. The van der Waals surface area contributed by atoms with Crippen molar-refractivity contribution in [2.45, 2.75) is 0 Å². The van der Waals surface area contributed by atoms with E-state index in [1.807, 2.05) is 11.0 Å². The number of carbonyl (C=O) groups excluding carboxylic acids is 1. The number of nitriles is 1. The summed E-state index contributed by atoms with van der Waals surface area (Å²) in [4.78, 5) is 25.9. The summed E-state index contributed by atoms with van der Waals surface area (Å²) in [5.41, 5.74) is -0.644. The highest BCUT2D eigenvalue weighted by molar-refractivity contribution is 5.98. The van der Waals surface area contributed by atoms with E-state index in [4.69, 9.17) is 5.26 Å². The number of amides is 1. The molecule has 1 aromatic carbocycles. The third kappa shape index (κ3) is 3.32. The van der Waals surface area contributed by atoms with Crippen molar-refractivity contribution in [2.75, 3.05) is 32.7 Å². The molecule has 8 heteroatoms. The largest absolute Gasteiger partial charge is 0.336 e. The molecule has 21 heavy (non-hydrogen) atoms. The molecule has 0 radical (unpaired) electrons. The molecule has 0 saturated carbocycles. The second-order valence-electron chi connectivity index (χ2n) is 4.65. The monoisotopic (exact) mass is 292 g/mol. The first-order chi connectivity index (χ1) is 10.0. The minimum Gasteiger partial charge on any atom is -0.336 e. The van der Waals surface area contributed by atoms with Gasteiger partial charge in [-0.25, -0.2) is 4.39 Å². The summed E-state index contributed by atoms with van der Waals surface area (Å²) < 4.78 is 13.3. The van der Waals surface area contributed by atoms with E-state index in [-0.39, 0.29) is 12.1 Å². The van der Waals surface area contributed by atoms with Crippen molar-refractivity contribution in [3.05, 3.63) is 39.7 Å². The number of piperazine rings is 1. The lowest BCUT2D eigenvalue weighted by Crippen LogP contribution is -2.48. The summed E-state index contributed by atoms with van der Waals surface area (Å²) >= 11 is 0. The van der Waals surface area contributed by atoms with Gasteiger partial charge >= 0.3 is 0 Å². The van der Waals surface area contributed by atoms with Crippen molar-refractivity contribution in [1.82, 2.24) is 9.80 Å². The Hall–Kier alpha value is -2.53. The normalized spacial score (nSPS) is 15.5. The number of nitrogens with zero attached hydrogens (tertiary/aromatic N) is 4. The van der Waals surface area contributed by atoms with Gasteiger partial charge in [0.2, 0.25) is 0 Å². The molecule has 0 unspecified atom stereocenters. The maximum Gasteiger partial charge on any atom is 0.282 e. The van der Waals surface area contributed by atoms with E-state index in [9.17, 15) is 19.3 Å². The van der Waals surface area contributed by atoms with Gasteiger partial charge in [0.05, 0.1) is 17.5 Å². The SMILES string of the molecule is N#CCN1CCN(C(=O)c2cc(F)ccc2[N+](=O)[O-])CC1. The van der Waals surface area contributed by atoms with Gasteiger partial charge in [-0.05, 0) is 12.1 Å². The summed E-state index contributed by atoms with van der Waals surface area (Å²) in [5, 5.41) is 19.5. The van der Waals surface area contributed by atoms with E-state index in [2.05, 4.69) is 0 Å². The molecule has 1 aromatic rings. The Bertz CT molecular complexity index is 606. The Morgan fingerprint density at radius 1 is 1.38 bits per heavy atom. The van der Waals surface area contributed by atoms with Crippen LogP contribution in [-0.4, -0.2) is 53.4 Å². The molecule has 1 saturated heterocycles. The molecule has 0 N–H and O–H groups in total. The van der Waals surface area contributed by atoms with E-state index in [1.54, 1.807) is 0 Å². The second-order valence-corrected chi connectivity index (χ2v) is 4.65. The number of rotatable bonds is 3. The fraction of sp³-hybridized carbons (Fsp3) is 0.385. The Balaban J connectivity index is 2.16. The van der Waals surface area contributed by atoms with Crippen LogP contribution in [0.5, 0.6) is 0 Å². The molecule has 1 aliphatic heterocycles. The predicted molar refractivity (Wildman–Crippen MR) is 71.0 cm³/mol. The number of halogens is 1. The molecule has 0 aliphatic carbocycles. The number of hydrogen-bond acceptors (Lipinski definition) is 5. The standard InChI is InChI=1S/C13H13FN4O3/c14-10-1-2-12(18(20)21)11(9-10)13(19)17-7-5-16(4-3-15)6-8-17/h1-2,9H,4-8H2. The van der Waals surface area contributed by atoms with Crippen LogP contribution in [0.2, 0.25) is 0 Å². The molecule has 110 valence electrons. The highest BCUT2D eigenvalue weighted by Gasteiger charge is 2.27. The van der Waals surface area contributed by atoms with Gasteiger partial charge in [0.15, 0.2) is 0 Å². The van der Waals surface area contributed by atoms with Crippen molar-refractivity contribution < 1.29 is 14.1 Å². The van der Waals surface area contributed by atoms with Crippen molar-refractivity contribution in [3.63, 3.8) is 0 Å². The first-order valence-corrected chi connectivity index (χ1v) is 6.35. The highest BCUT2D eigenvalue weighted by Crippen LogP contribution is 2.21. The molecule has 0 spiro atoms. The van der Waals surface area contributed by atoms with Crippen LogP contribution >= 0.6 is 0 Å². The third-order valence-electron chi connectivity index (χ3n) is 3.34. The number of nitro groups is 1. The zero-order valence-electron chi connectivity index (χ0n) is 11.2. The summed E-state index contributed by atoms with van der Waals surface area (Å²) in [5.74, 6) is -1.25. The fourth-order valence-electron chi connectivity index (χ4n) is 2.22. The lowest BCUT2D eigenvalue weighted by Gasteiger charge is -2.33. The molecule has 1 amide bonds. The van der Waals surface area contributed by atoms with E-state index in [0.717, 1.165) is 18.2 Å². The summed E-state index contributed by atoms with van der Waals surface area (Å²) in [6, 6.07) is 4.87. The van der Waals surface area contributed by atoms with E-state index in [1.165, 1.54) is 4.90 Å². The van der Waals surface area contributed by atoms with Crippen LogP contribution in [0.1, 0.15) is 10.4 Å². The van der Waals surface area contributed by atoms with E-state index < -0.39 is 22.3 Å². The first-order valence-electron chi connectivity index (χ1n) is 6.35. The number of benzene rings is 1. The van der Waals surface area contributed by atoms with Crippen LogP contribution in [0.25, 0.3) is 0 Å². The van der Waals surface area contributed by atoms with Crippen molar-refractivity contribution >= 4 is 11.6 Å². The summed E-state index contributed by atoms with van der Waals surface area (Å²) in [6.45, 7) is 2.02. The van der Waals surface area contributed by atoms with Crippen LogP contribution in [0.3, 0.4) is 0 Å². The van der Waals surface area contributed by atoms with Crippen LogP contribution in [0.4, 0.5) is 10.1 Å². The lowest BCUT2D eigenvalue weighted by molar-refractivity contribution is -0.385. The fourth-order valence-corrected chi connectivity index (χ4v) is 2.22. The van der Waals surface area contributed by atoms with Gasteiger partial charge in [0.25, 0.3) is 11.6 Å². The molecular weight excluding hydrogens is 279 g/mol. The van der Waals surface area contributed by atoms with Gasteiger partial charge < -0.3 is 4.90 Å². The number of nitro benzene ring substituents is 1.